The minimum Gasteiger partial charge on any atom is -0.456 e. The van der Waals surface area contributed by atoms with Crippen molar-refractivity contribution in [3.05, 3.63) is 214 Å². The van der Waals surface area contributed by atoms with Gasteiger partial charge in [-0.2, -0.15) is 0 Å². The first-order valence-corrected chi connectivity index (χ1v) is 17.9. The summed E-state index contributed by atoms with van der Waals surface area (Å²) in [6.07, 6.45) is 0. The molecule has 51 heavy (non-hydrogen) atoms. The Morgan fingerprint density at radius 3 is 1.25 bits per heavy atom. The molecule has 8 aromatic carbocycles. The molecule has 1 heterocycles. The highest BCUT2D eigenvalue weighted by molar-refractivity contribution is 6.17. The van der Waals surface area contributed by atoms with Crippen LogP contribution in [0.5, 0.6) is 0 Å². The lowest BCUT2D eigenvalue weighted by molar-refractivity contribution is 0.668. The van der Waals surface area contributed by atoms with E-state index in [1.54, 1.807) is 0 Å². The molecule has 0 bridgehead atoms. The number of benzene rings is 8. The fourth-order valence-electron chi connectivity index (χ4n) is 11.0. The first-order chi connectivity index (χ1) is 25.3. The zero-order valence-corrected chi connectivity index (χ0v) is 27.6. The molecule has 0 radical (unpaired) electrons. The number of furan rings is 1. The van der Waals surface area contributed by atoms with Crippen molar-refractivity contribution in [1.82, 2.24) is 0 Å². The molecule has 2 spiro atoms. The molecule has 0 amide bonds. The molecule has 13 rings (SSSR count). The summed E-state index contributed by atoms with van der Waals surface area (Å²) in [5, 5.41) is 2.38. The van der Waals surface area contributed by atoms with Crippen LogP contribution >= 0.6 is 0 Å². The van der Waals surface area contributed by atoms with Crippen molar-refractivity contribution < 1.29 is 4.42 Å². The maximum absolute atomic E-state index is 6.61. The van der Waals surface area contributed by atoms with Crippen molar-refractivity contribution in [2.75, 3.05) is 0 Å². The lowest BCUT2D eigenvalue weighted by atomic mass is 9.68. The molecule has 0 saturated heterocycles. The van der Waals surface area contributed by atoms with Gasteiger partial charge in [-0.05, 0) is 113 Å². The quantitative estimate of drug-likeness (QED) is 0.160. The summed E-state index contributed by atoms with van der Waals surface area (Å²) >= 11 is 0. The van der Waals surface area contributed by atoms with Crippen LogP contribution in [0.2, 0.25) is 0 Å². The van der Waals surface area contributed by atoms with Crippen molar-refractivity contribution in [3.8, 4) is 44.5 Å². The lowest BCUT2D eigenvalue weighted by Crippen LogP contribution is -2.27. The van der Waals surface area contributed by atoms with Crippen LogP contribution in [0.3, 0.4) is 0 Å². The van der Waals surface area contributed by atoms with Gasteiger partial charge >= 0.3 is 0 Å². The van der Waals surface area contributed by atoms with Crippen LogP contribution < -0.4 is 0 Å². The molecule has 1 aromatic heterocycles. The lowest BCUT2D eigenvalue weighted by Gasteiger charge is -2.32. The Hall–Kier alpha value is -6.44. The Kier molecular flexibility index (Phi) is 4.57. The zero-order valence-electron chi connectivity index (χ0n) is 27.6. The molecule has 4 aliphatic rings. The van der Waals surface area contributed by atoms with Gasteiger partial charge in [0.2, 0.25) is 0 Å². The van der Waals surface area contributed by atoms with E-state index in [-0.39, 0.29) is 0 Å². The van der Waals surface area contributed by atoms with Gasteiger partial charge in [-0.1, -0.05) is 146 Å². The van der Waals surface area contributed by atoms with Gasteiger partial charge in [-0.15, -0.1) is 0 Å². The Morgan fingerprint density at radius 2 is 0.706 bits per heavy atom. The molecule has 0 atom stereocenters. The molecule has 0 aliphatic heterocycles. The molecule has 0 unspecified atom stereocenters. The number of fused-ring (bicyclic) bond motifs is 24. The fraction of sp³-hybridized carbons (Fsp3) is 0.0400. The minimum atomic E-state index is -0.463. The SMILES string of the molecule is c1ccc2c(c1)-c1ccccc1C21c2ccccc2-c2cc3c(cc21)-c1c(ccc2oc4ccccc4c12)C31c2ccccc2-c2ccccc21. The van der Waals surface area contributed by atoms with Gasteiger partial charge in [-0.25, -0.2) is 0 Å². The average molecular weight is 645 g/mol. The first kappa shape index (κ1) is 26.4. The van der Waals surface area contributed by atoms with E-state index in [1.165, 1.54) is 99.8 Å². The predicted octanol–water partition coefficient (Wildman–Crippen LogP) is 12.3. The molecule has 234 valence electrons. The summed E-state index contributed by atoms with van der Waals surface area (Å²) < 4.78 is 6.61. The highest BCUT2D eigenvalue weighted by Crippen LogP contribution is 2.68. The van der Waals surface area contributed by atoms with Gasteiger partial charge in [-0.3, -0.25) is 0 Å². The number of para-hydroxylation sites is 1. The fourth-order valence-corrected chi connectivity index (χ4v) is 11.0. The third-order valence-corrected chi connectivity index (χ3v) is 12.7. The van der Waals surface area contributed by atoms with Gasteiger partial charge < -0.3 is 4.42 Å². The van der Waals surface area contributed by atoms with Gasteiger partial charge in [0, 0.05) is 10.8 Å². The number of hydrogen-bond donors (Lipinski definition) is 0. The first-order valence-electron chi connectivity index (χ1n) is 17.9. The molecule has 9 aromatic rings. The normalized spacial score (nSPS) is 15.4. The Balaban J connectivity index is 1.26. The predicted molar refractivity (Wildman–Crippen MR) is 206 cm³/mol. The van der Waals surface area contributed by atoms with Crippen LogP contribution in [0.25, 0.3) is 66.4 Å². The Morgan fingerprint density at radius 1 is 0.294 bits per heavy atom. The second-order valence-electron chi connectivity index (χ2n) is 14.6. The van der Waals surface area contributed by atoms with E-state index >= 15 is 0 Å². The van der Waals surface area contributed by atoms with E-state index in [9.17, 15) is 0 Å². The van der Waals surface area contributed by atoms with Crippen LogP contribution in [-0.2, 0) is 10.8 Å². The van der Waals surface area contributed by atoms with Crippen molar-refractivity contribution in [2.45, 2.75) is 10.8 Å². The van der Waals surface area contributed by atoms with Crippen molar-refractivity contribution in [3.63, 3.8) is 0 Å². The average Bonchev–Trinajstić information content (AvgIpc) is 3.95. The highest BCUT2D eigenvalue weighted by atomic mass is 16.3. The standard InChI is InChI=1S/C50H28O/c1-7-19-37-29(13-1)30-14-2-8-20-38(30)49(37)41-23-11-5-17-33(41)35-27-44-36(28-43(35)49)47-42(25-26-46-48(47)34-18-6-12-24-45(34)51-46)50(44)39-21-9-3-15-31(39)32-16-4-10-22-40(32)50/h1-28H. The highest BCUT2D eigenvalue weighted by Gasteiger charge is 2.56. The van der Waals surface area contributed by atoms with Gasteiger partial charge in [0.25, 0.3) is 0 Å². The van der Waals surface area contributed by atoms with Crippen molar-refractivity contribution >= 4 is 21.9 Å². The van der Waals surface area contributed by atoms with E-state index in [0.29, 0.717) is 0 Å². The molecule has 4 aliphatic carbocycles. The van der Waals surface area contributed by atoms with Crippen LogP contribution in [0, 0.1) is 0 Å². The Bertz CT molecular complexity index is 2950. The topological polar surface area (TPSA) is 13.1 Å². The van der Waals surface area contributed by atoms with E-state index in [0.717, 1.165) is 11.2 Å². The van der Waals surface area contributed by atoms with E-state index in [1.807, 2.05) is 0 Å². The summed E-state index contributed by atoms with van der Waals surface area (Å²) in [5.74, 6) is 0. The second-order valence-corrected chi connectivity index (χ2v) is 14.6. The summed E-state index contributed by atoms with van der Waals surface area (Å²) in [4.78, 5) is 0. The van der Waals surface area contributed by atoms with Crippen LogP contribution in [0.1, 0.15) is 44.5 Å². The Labute approximate surface area is 295 Å². The molecule has 0 fully saturated rings. The van der Waals surface area contributed by atoms with E-state index < -0.39 is 10.8 Å². The van der Waals surface area contributed by atoms with Crippen molar-refractivity contribution in [2.24, 2.45) is 0 Å². The smallest absolute Gasteiger partial charge is 0.136 e. The summed E-state index contributed by atoms with van der Waals surface area (Å²) in [6, 6.07) is 63.9. The monoisotopic (exact) mass is 644 g/mol. The van der Waals surface area contributed by atoms with Gasteiger partial charge in [0.05, 0.1) is 10.8 Å². The summed E-state index contributed by atoms with van der Waals surface area (Å²) in [7, 11) is 0. The molecular formula is C50H28O. The third kappa shape index (κ3) is 2.78. The van der Waals surface area contributed by atoms with Crippen LogP contribution in [0.4, 0.5) is 0 Å². The number of hydrogen-bond acceptors (Lipinski definition) is 1. The van der Waals surface area contributed by atoms with E-state index in [4.69, 9.17) is 4.42 Å². The van der Waals surface area contributed by atoms with E-state index in [2.05, 4.69) is 170 Å². The van der Waals surface area contributed by atoms with Crippen LogP contribution in [0.15, 0.2) is 174 Å². The maximum atomic E-state index is 6.61. The van der Waals surface area contributed by atoms with Crippen LogP contribution in [-0.4, -0.2) is 0 Å². The third-order valence-electron chi connectivity index (χ3n) is 12.7. The molecule has 0 saturated carbocycles. The molecule has 0 N–H and O–H groups in total. The number of rotatable bonds is 0. The minimum absolute atomic E-state index is 0.415. The summed E-state index contributed by atoms with van der Waals surface area (Å²) in [6.45, 7) is 0. The zero-order chi connectivity index (χ0) is 33.1. The molecule has 1 heteroatoms. The van der Waals surface area contributed by atoms with Gasteiger partial charge in [0.1, 0.15) is 11.2 Å². The second kappa shape index (κ2) is 8.82. The maximum Gasteiger partial charge on any atom is 0.136 e. The summed E-state index contributed by atoms with van der Waals surface area (Å²) in [5.41, 5.74) is 22.4. The molecule has 1 nitrogen and oxygen atoms in total. The molecular weight excluding hydrogens is 617 g/mol. The van der Waals surface area contributed by atoms with Crippen molar-refractivity contribution in [1.29, 1.82) is 0 Å². The largest absolute Gasteiger partial charge is 0.456 e. The van der Waals surface area contributed by atoms with Gasteiger partial charge in [0.15, 0.2) is 0 Å².